The molecule has 1 aliphatic heterocycles. The van der Waals surface area contributed by atoms with Crippen LogP contribution in [0.25, 0.3) is 0 Å². The molecule has 0 radical (unpaired) electrons. The number of carbonyl (C=O) groups is 2. The largest absolute Gasteiger partial charge is 0.493 e. The van der Waals surface area contributed by atoms with Crippen molar-refractivity contribution in [1.82, 2.24) is 4.90 Å². The van der Waals surface area contributed by atoms with Crippen molar-refractivity contribution in [2.24, 2.45) is 10.8 Å². The van der Waals surface area contributed by atoms with Crippen molar-refractivity contribution in [3.8, 4) is 5.75 Å². The Morgan fingerprint density at radius 2 is 1.73 bits per heavy atom. The van der Waals surface area contributed by atoms with Crippen LogP contribution in [0.5, 0.6) is 5.75 Å². The van der Waals surface area contributed by atoms with Crippen LogP contribution in [0.2, 0.25) is 0 Å². The highest BCUT2D eigenvalue weighted by molar-refractivity contribution is 5.98. The lowest BCUT2D eigenvalue weighted by Gasteiger charge is -2.37. The minimum atomic E-state index is -2.53. The first-order valence-electron chi connectivity index (χ1n) is 13.6. The topological polar surface area (TPSA) is 55.8 Å². The van der Waals surface area contributed by atoms with Crippen molar-refractivity contribution < 1.29 is 32.2 Å². The zero-order chi connectivity index (χ0) is 26.8. The summed E-state index contributed by atoms with van der Waals surface area (Å²) in [5, 5.41) is 0. The Morgan fingerprint density at radius 1 is 1.08 bits per heavy atom. The number of carbonyl (C=O) groups excluding carboxylic acids is 2. The van der Waals surface area contributed by atoms with E-state index < -0.39 is 40.7 Å². The number of hydrogen-bond acceptors (Lipinski definition) is 4. The fourth-order valence-corrected chi connectivity index (χ4v) is 6.01. The molecule has 4 aliphatic rings. The van der Waals surface area contributed by atoms with Gasteiger partial charge in [0, 0.05) is 29.9 Å². The van der Waals surface area contributed by atoms with Crippen molar-refractivity contribution in [3.63, 3.8) is 0 Å². The van der Waals surface area contributed by atoms with Crippen LogP contribution in [0.15, 0.2) is 12.1 Å². The van der Waals surface area contributed by atoms with E-state index >= 15 is 4.39 Å². The highest BCUT2D eigenvalue weighted by Crippen LogP contribution is 2.69. The van der Waals surface area contributed by atoms with Gasteiger partial charge in [-0.15, -0.1) is 0 Å². The molecule has 5 nitrogen and oxygen atoms in total. The summed E-state index contributed by atoms with van der Waals surface area (Å²) >= 11 is 0. The Labute approximate surface area is 217 Å². The van der Waals surface area contributed by atoms with Gasteiger partial charge >= 0.3 is 5.97 Å². The fraction of sp³-hybridized carbons (Fsp3) is 0.724. The lowest BCUT2D eigenvalue weighted by Crippen LogP contribution is -2.43. The van der Waals surface area contributed by atoms with Gasteiger partial charge in [-0.25, -0.2) is 18.0 Å². The van der Waals surface area contributed by atoms with E-state index in [1.165, 1.54) is 11.0 Å². The van der Waals surface area contributed by atoms with E-state index in [2.05, 4.69) is 6.92 Å². The summed E-state index contributed by atoms with van der Waals surface area (Å²) < 4.78 is 54.6. The van der Waals surface area contributed by atoms with Gasteiger partial charge in [0.25, 0.3) is 11.8 Å². The van der Waals surface area contributed by atoms with Gasteiger partial charge in [0.05, 0.1) is 12.2 Å². The molecule has 204 valence electrons. The second-order valence-corrected chi connectivity index (χ2v) is 13.1. The first kappa shape index (κ1) is 26.4. The smallest absolute Gasteiger partial charge is 0.329 e. The van der Waals surface area contributed by atoms with Crippen LogP contribution in [0.4, 0.5) is 13.2 Å². The molecule has 37 heavy (non-hydrogen) atoms. The molecule has 1 aromatic rings. The number of likely N-dealkylation sites (tertiary alicyclic amines) is 1. The maximum atomic E-state index is 15.3. The summed E-state index contributed by atoms with van der Waals surface area (Å²) in [5.74, 6) is -3.54. The Hall–Kier alpha value is -2.25. The number of halogens is 3. The van der Waals surface area contributed by atoms with Gasteiger partial charge in [0.15, 0.2) is 0 Å². The molecule has 1 atom stereocenters. The molecule has 5 rings (SSSR count). The maximum Gasteiger partial charge on any atom is 0.329 e. The molecule has 0 unspecified atom stereocenters. The molecule has 1 amide bonds. The van der Waals surface area contributed by atoms with Crippen molar-refractivity contribution in [1.29, 1.82) is 0 Å². The van der Waals surface area contributed by atoms with E-state index in [1.807, 2.05) is 0 Å². The predicted molar refractivity (Wildman–Crippen MR) is 132 cm³/mol. The Kier molecular flexibility index (Phi) is 6.35. The quantitative estimate of drug-likeness (QED) is 0.394. The highest BCUT2D eigenvalue weighted by atomic mass is 19.3. The van der Waals surface area contributed by atoms with E-state index in [-0.39, 0.29) is 23.3 Å². The van der Waals surface area contributed by atoms with Gasteiger partial charge in [0.2, 0.25) is 0 Å². The van der Waals surface area contributed by atoms with E-state index in [0.717, 1.165) is 18.4 Å². The van der Waals surface area contributed by atoms with Gasteiger partial charge in [-0.3, -0.25) is 4.79 Å². The third-order valence-corrected chi connectivity index (χ3v) is 8.74. The monoisotopic (exact) mass is 521 g/mol. The Balaban J connectivity index is 1.30. The summed E-state index contributed by atoms with van der Waals surface area (Å²) in [4.78, 5) is 27.5. The van der Waals surface area contributed by atoms with Crippen LogP contribution in [-0.2, 0) is 9.53 Å². The number of esters is 1. The van der Waals surface area contributed by atoms with Gasteiger partial charge in [-0.05, 0) is 89.7 Å². The zero-order valence-electron chi connectivity index (χ0n) is 22.3. The van der Waals surface area contributed by atoms with E-state index in [4.69, 9.17) is 9.47 Å². The van der Waals surface area contributed by atoms with E-state index in [9.17, 15) is 18.4 Å². The molecule has 0 aromatic heterocycles. The van der Waals surface area contributed by atoms with Crippen molar-refractivity contribution in [2.45, 2.75) is 109 Å². The van der Waals surface area contributed by atoms with Gasteiger partial charge in [-0.1, -0.05) is 6.92 Å². The average molecular weight is 522 g/mol. The molecule has 8 heteroatoms. The molecule has 0 bridgehead atoms. The predicted octanol–water partition coefficient (Wildman–Crippen LogP) is 6.63. The van der Waals surface area contributed by atoms with Gasteiger partial charge in [-0.2, -0.15) is 0 Å². The number of rotatable bonds is 6. The minimum Gasteiger partial charge on any atom is -0.493 e. The number of hydrogen-bond donors (Lipinski definition) is 0. The Morgan fingerprint density at radius 3 is 2.30 bits per heavy atom. The zero-order valence-corrected chi connectivity index (χ0v) is 22.3. The maximum absolute atomic E-state index is 15.3. The molecular weight excluding hydrogens is 483 g/mol. The molecule has 4 fully saturated rings. The SMILES string of the molecule is CC1(COc2cc(F)c(C(=O)N3CCC[C@H]3C(=O)OC(C)(C)C)cc2C2CC2)CCC2(CC1)CC2(F)F. The molecule has 0 N–H and O–H groups in total. The van der Waals surface area contributed by atoms with E-state index in [1.54, 1.807) is 26.8 Å². The normalized spacial score (nSPS) is 30.9. The van der Waals surface area contributed by atoms with E-state index in [0.29, 0.717) is 57.4 Å². The summed E-state index contributed by atoms with van der Waals surface area (Å²) in [6.45, 7) is 8.08. The third kappa shape index (κ3) is 5.22. The van der Waals surface area contributed by atoms with Crippen LogP contribution < -0.4 is 4.74 Å². The summed E-state index contributed by atoms with van der Waals surface area (Å²) in [5.41, 5.74) is -0.973. The van der Waals surface area contributed by atoms with Crippen molar-refractivity contribution >= 4 is 11.9 Å². The molecule has 1 aromatic carbocycles. The first-order chi connectivity index (χ1) is 17.2. The first-order valence-corrected chi connectivity index (χ1v) is 13.6. The molecule has 3 aliphatic carbocycles. The number of benzene rings is 1. The second kappa shape index (κ2) is 8.91. The molecule has 1 spiro atoms. The molecule has 1 saturated heterocycles. The van der Waals surface area contributed by atoms with Crippen LogP contribution in [-0.4, -0.2) is 47.5 Å². The average Bonchev–Trinajstić information content (AvgIpc) is 3.66. The summed E-state index contributed by atoms with van der Waals surface area (Å²) in [6.07, 6.45) is 5.31. The lowest BCUT2D eigenvalue weighted by atomic mass is 9.70. The summed E-state index contributed by atoms with van der Waals surface area (Å²) in [7, 11) is 0. The summed E-state index contributed by atoms with van der Waals surface area (Å²) in [6, 6.07) is 2.17. The standard InChI is InChI=1S/C29H38F3NO4/c1-26(2,3)37-25(35)22-6-5-13-33(22)24(34)20-14-19(18-7-8-18)23(15-21(20)30)36-17-27(4)9-11-28(12-10-27)16-29(28,31)32/h14-15,18,22H,5-13,16-17H2,1-4H3/t22-,27?,28?/m0/s1. The van der Waals surface area contributed by atoms with Gasteiger partial charge < -0.3 is 14.4 Å². The van der Waals surface area contributed by atoms with Crippen molar-refractivity contribution in [2.75, 3.05) is 13.2 Å². The molecular formula is C29H38F3NO4. The minimum absolute atomic E-state index is 0.00469. The van der Waals surface area contributed by atoms with Gasteiger partial charge in [0.1, 0.15) is 23.2 Å². The number of alkyl halides is 2. The highest BCUT2D eigenvalue weighted by Gasteiger charge is 2.71. The Bertz CT molecular complexity index is 1080. The fourth-order valence-electron chi connectivity index (χ4n) is 6.01. The third-order valence-electron chi connectivity index (χ3n) is 8.74. The van der Waals surface area contributed by atoms with Crippen LogP contribution >= 0.6 is 0 Å². The lowest BCUT2D eigenvalue weighted by molar-refractivity contribution is -0.159. The molecule has 3 saturated carbocycles. The number of ether oxygens (including phenoxy) is 2. The molecule has 1 heterocycles. The van der Waals surface area contributed by atoms with Crippen molar-refractivity contribution in [3.05, 3.63) is 29.1 Å². The second-order valence-electron chi connectivity index (χ2n) is 13.1. The van der Waals surface area contributed by atoms with Crippen LogP contribution in [0.3, 0.4) is 0 Å². The van der Waals surface area contributed by atoms with Crippen LogP contribution in [0.1, 0.15) is 107 Å². The number of amides is 1. The van der Waals surface area contributed by atoms with Crippen LogP contribution in [0, 0.1) is 16.6 Å². The number of nitrogens with zero attached hydrogens (tertiary/aromatic N) is 1.